The van der Waals surface area contributed by atoms with Crippen LogP contribution in [0.4, 0.5) is 10.3 Å². The quantitative estimate of drug-likeness (QED) is 0.431. The van der Waals surface area contributed by atoms with Gasteiger partial charge in [0.2, 0.25) is 5.95 Å². The minimum absolute atomic E-state index is 0.0666. The van der Waals surface area contributed by atoms with Crippen LogP contribution in [0.15, 0.2) is 48.9 Å². The van der Waals surface area contributed by atoms with Crippen LogP contribution < -0.4 is 5.32 Å². The van der Waals surface area contributed by atoms with Crippen LogP contribution in [0.1, 0.15) is 12.8 Å². The van der Waals surface area contributed by atoms with Crippen LogP contribution in [0.25, 0.3) is 27.9 Å². The fraction of sp³-hybridized carbons (Fsp3) is 0.286. The number of anilines is 1. The molecule has 1 aromatic carbocycles. The molecule has 1 fully saturated rings. The lowest BCUT2D eigenvalue weighted by molar-refractivity contribution is 0.247. The Morgan fingerprint density at radius 3 is 2.66 bits per heavy atom. The number of nitrogens with one attached hydrogen (secondary N) is 2. The van der Waals surface area contributed by atoms with Gasteiger partial charge in [-0.3, -0.25) is 14.2 Å². The number of likely N-dealkylation sites (tertiary alicyclic amines) is 1. The van der Waals surface area contributed by atoms with Crippen molar-refractivity contribution in [2.24, 2.45) is 0 Å². The van der Waals surface area contributed by atoms with Gasteiger partial charge in [0.1, 0.15) is 5.82 Å². The van der Waals surface area contributed by atoms with E-state index >= 15 is 0 Å². The Morgan fingerprint density at radius 2 is 1.97 bits per heavy atom. The molecule has 0 bridgehead atoms. The number of H-pyrrole nitrogens is 1. The zero-order valence-electron chi connectivity index (χ0n) is 17.1. The number of hydrogen-bond acceptors (Lipinski definition) is 7. The molecule has 4 heterocycles. The minimum atomic E-state index is -2.06. The predicted octanol–water partition coefficient (Wildman–Crippen LogP) is 2.64. The number of halogens is 1. The topological polar surface area (TPSA) is 114 Å². The van der Waals surface area contributed by atoms with Gasteiger partial charge in [-0.1, -0.05) is 12.1 Å². The molecule has 0 aliphatic carbocycles. The summed E-state index contributed by atoms with van der Waals surface area (Å²) in [6.45, 7) is 1.40. The Kier molecular flexibility index (Phi) is 5.68. The third kappa shape index (κ3) is 4.27. The highest BCUT2D eigenvalue weighted by Gasteiger charge is 2.22. The van der Waals surface area contributed by atoms with E-state index in [0.717, 1.165) is 35.1 Å². The monoisotopic (exact) mass is 454 g/mol. The molecule has 2 N–H and O–H groups in total. The van der Waals surface area contributed by atoms with Gasteiger partial charge in [-0.05, 0) is 53.2 Å². The lowest BCUT2D eigenvalue weighted by atomic mass is 9.98. The van der Waals surface area contributed by atoms with Gasteiger partial charge in [0.05, 0.1) is 12.1 Å². The second-order valence-corrected chi connectivity index (χ2v) is 8.64. The van der Waals surface area contributed by atoms with Gasteiger partial charge in [0.15, 0.2) is 5.65 Å². The summed E-state index contributed by atoms with van der Waals surface area (Å²) in [6.07, 6.45) is 6.99. The highest BCUT2D eigenvalue weighted by atomic mass is 32.2. The third-order valence-electron chi connectivity index (χ3n) is 5.66. The Bertz CT molecular complexity index is 1240. The maximum absolute atomic E-state index is 13.6. The van der Waals surface area contributed by atoms with E-state index in [0.29, 0.717) is 24.7 Å². The van der Waals surface area contributed by atoms with Gasteiger partial charge < -0.3 is 9.87 Å². The van der Waals surface area contributed by atoms with Gasteiger partial charge in [-0.25, -0.2) is 8.91 Å². The first-order chi connectivity index (χ1) is 15.6. The van der Waals surface area contributed by atoms with Gasteiger partial charge in [0, 0.05) is 42.7 Å². The van der Waals surface area contributed by atoms with Crippen molar-refractivity contribution in [2.45, 2.75) is 18.9 Å². The smallest absolute Gasteiger partial charge is 0.243 e. The molecule has 0 spiro atoms. The van der Waals surface area contributed by atoms with E-state index in [2.05, 4.69) is 20.6 Å². The van der Waals surface area contributed by atoms with Crippen molar-refractivity contribution >= 4 is 22.7 Å². The Morgan fingerprint density at radius 1 is 1.19 bits per heavy atom. The summed E-state index contributed by atoms with van der Waals surface area (Å²) in [5, 5.41) is 14.9. The van der Waals surface area contributed by atoms with Gasteiger partial charge in [-0.2, -0.15) is 10.1 Å². The van der Waals surface area contributed by atoms with Crippen LogP contribution in [0.5, 0.6) is 0 Å². The predicted molar refractivity (Wildman–Crippen MR) is 118 cm³/mol. The molecule has 1 saturated heterocycles. The highest BCUT2D eigenvalue weighted by Crippen LogP contribution is 2.35. The number of aromatic amines is 1. The number of nitrogens with zero attached hydrogens (tertiary/aromatic N) is 5. The van der Waals surface area contributed by atoms with E-state index < -0.39 is 11.1 Å². The molecule has 166 valence electrons. The molecule has 0 radical (unpaired) electrons. The molecule has 1 atom stereocenters. The zero-order valence-corrected chi connectivity index (χ0v) is 17.9. The second kappa shape index (κ2) is 8.77. The van der Waals surface area contributed by atoms with Crippen LogP contribution in [0.3, 0.4) is 0 Å². The van der Waals surface area contributed by atoms with E-state index in [9.17, 15) is 13.2 Å². The molecule has 11 heteroatoms. The van der Waals surface area contributed by atoms with Crippen molar-refractivity contribution in [1.82, 2.24) is 29.7 Å². The van der Waals surface area contributed by atoms with Crippen molar-refractivity contribution < 1.29 is 13.2 Å². The number of hydrogen-bond donors (Lipinski definition) is 2. The first-order valence-corrected chi connectivity index (χ1v) is 11.5. The fourth-order valence-electron chi connectivity index (χ4n) is 4.09. The molecule has 5 rings (SSSR count). The van der Waals surface area contributed by atoms with Crippen LogP contribution in [0, 0.1) is 5.82 Å². The maximum atomic E-state index is 13.6. The van der Waals surface area contributed by atoms with Crippen molar-refractivity contribution in [3.05, 3.63) is 54.7 Å². The average molecular weight is 455 g/mol. The normalized spacial score (nSPS) is 16.4. The average Bonchev–Trinajstić information content (AvgIpc) is 3.44. The van der Waals surface area contributed by atoms with E-state index in [-0.39, 0.29) is 17.7 Å². The van der Waals surface area contributed by atoms with Crippen LogP contribution in [-0.4, -0.2) is 63.5 Å². The van der Waals surface area contributed by atoms with Crippen molar-refractivity contribution in [2.75, 3.05) is 24.3 Å². The highest BCUT2D eigenvalue weighted by molar-refractivity contribution is 7.79. The molecule has 3 aromatic heterocycles. The Hall–Kier alpha value is -3.15. The number of aromatic nitrogens is 5. The Balaban J connectivity index is 1.47. The van der Waals surface area contributed by atoms with E-state index in [1.54, 1.807) is 29.0 Å². The third-order valence-corrected chi connectivity index (χ3v) is 6.23. The van der Waals surface area contributed by atoms with Gasteiger partial charge in [-0.15, -0.1) is 5.10 Å². The van der Waals surface area contributed by atoms with Gasteiger partial charge >= 0.3 is 0 Å². The van der Waals surface area contributed by atoms with E-state index in [1.807, 2.05) is 17.2 Å². The largest absolute Gasteiger partial charge is 0.771 e. The summed E-state index contributed by atoms with van der Waals surface area (Å²) < 4.78 is 37.1. The Labute approximate surface area is 186 Å². The summed E-state index contributed by atoms with van der Waals surface area (Å²) in [5.74, 6) is 0.266. The molecule has 1 aliphatic heterocycles. The molecule has 4 aromatic rings. The van der Waals surface area contributed by atoms with Crippen LogP contribution in [0.2, 0.25) is 0 Å². The standard InChI is InChI=1S/C21H22FN7O2S/c22-16-3-1-14(2-4-16)19-18(15-11-23-24-12-15)7-10-29-20(19)26-21(27-29)25-17-5-8-28(9-6-17)13-32(30)31/h1-4,7,10-12,17H,5-6,8-9,13H2,(H,23,24)(H,25,27)(H,30,31)/p-1. The first-order valence-electron chi connectivity index (χ1n) is 10.3. The van der Waals surface area contributed by atoms with E-state index in [4.69, 9.17) is 4.98 Å². The number of pyridine rings is 1. The fourth-order valence-corrected chi connectivity index (χ4v) is 4.64. The van der Waals surface area contributed by atoms with Crippen LogP contribution >= 0.6 is 0 Å². The minimum Gasteiger partial charge on any atom is -0.771 e. The molecule has 0 saturated carbocycles. The summed E-state index contributed by atoms with van der Waals surface area (Å²) in [7, 11) is 0. The molecule has 9 nitrogen and oxygen atoms in total. The number of piperidine rings is 1. The first kappa shape index (κ1) is 20.7. The molecular formula is C21H21FN7O2S-. The van der Waals surface area contributed by atoms with Crippen molar-refractivity contribution in [3.8, 4) is 22.3 Å². The zero-order chi connectivity index (χ0) is 22.1. The van der Waals surface area contributed by atoms with Crippen molar-refractivity contribution in [1.29, 1.82) is 0 Å². The lowest BCUT2D eigenvalue weighted by Crippen LogP contribution is -2.40. The molecule has 0 amide bonds. The molecule has 1 unspecified atom stereocenters. The molecule has 1 aliphatic rings. The summed E-state index contributed by atoms with van der Waals surface area (Å²) in [6, 6.07) is 8.41. The number of fused-ring (bicyclic) bond motifs is 1. The maximum Gasteiger partial charge on any atom is 0.243 e. The summed E-state index contributed by atoms with van der Waals surface area (Å²) >= 11 is -2.06. The molecule has 32 heavy (non-hydrogen) atoms. The second-order valence-electron chi connectivity index (χ2n) is 7.77. The summed E-state index contributed by atoms with van der Waals surface area (Å²) in [5.41, 5.74) is 4.12. The summed E-state index contributed by atoms with van der Waals surface area (Å²) in [4.78, 5) is 6.67. The number of rotatable bonds is 6. The lowest BCUT2D eigenvalue weighted by Gasteiger charge is -2.32. The van der Waals surface area contributed by atoms with Crippen molar-refractivity contribution in [3.63, 3.8) is 0 Å². The van der Waals surface area contributed by atoms with E-state index in [1.165, 1.54) is 12.1 Å². The van der Waals surface area contributed by atoms with Crippen LogP contribution in [-0.2, 0) is 11.1 Å². The molecular weight excluding hydrogens is 433 g/mol. The van der Waals surface area contributed by atoms with Gasteiger partial charge in [0.25, 0.3) is 0 Å². The SMILES string of the molecule is O=S([O-])CN1CCC(Nc2nc3c(-c4ccc(F)cc4)c(-c4cn[nH]c4)ccn3n2)CC1. The number of benzene rings is 1.